The first-order chi connectivity index (χ1) is 7.18. The number of hydrogen-bond donors (Lipinski definition) is 1. The van der Waals surface area contributed by atoms with E-state index >= 15 is 0 Å². The normalized spacial score (nSPS) is 43.9. The molecule has 0 radical (unpaired) electrons. The zero-order valence-corrected chi connectivity index (χ0v) is 8.90. The van der Waals surface area contributed by atoms with Crippen LogP contribution in [0, 0.1) is 5.92 Å². The van der Waals surface area contributed by atoms with E-state index in [1.807, 2.05) is 4.90 Å². The first-order valence-corrected chi connectivity index (χ1v) is 5.81. The lowest BCUT2D eigenvalue weighted by molar-refractivity contribution is -0.148. The average Bonchev–Trinajstić information content (AvgIpc) is 2.72. The van der Waals surface area contributed by atoms with Gasteiger partial charge in [-0.1, -0.05) is 6.42 Å². The Morgan fingerprint density at radius 2 is 2.13 bits per heavy atom. The van der Waals surface area contributed by atoms with Gasteiger partial charge in [-0.05, 0) is 32.1 Å². The van der Waals surface area contributed by atoms with Gasteiger partial charge < -0.3 is 10.2 Å². The van der Waals surface area contributed by atoms with Gasteiger partial charge in [-0.25, -0.2) is 0 Å². The van der Waals surface area contributed by atoms with E-state index in [1.54, 1.807) is 6.92 Å². The molecular formula is C11H16N2O2. The van der Waals surface area contributed by atoms with Crippen LogP contribution in [-0.2, 0) is 9.59 Å². The predicted molar refractivity (Wildman–Crippen MR) is 54.0 cm³/mol. The fourth-order valence-electron chi connectivity index (χ4n) is 3.44. The molecule has 4 heteroatoms. The molecule has 0 aromatic carbocycles. The highest BCUT2D eigenvalue weighted by Crippen LogP contribution is 2.42. The minimum Gasteiger partial charge on any atom is -0.343 e. The number of carbonyl (C=O) groups is 2. The van der Waals surface area contributed by atoms with E-state index in [4.69, 9.17) is 0 Å². The molecule has 1 aliphatic carbocycles. The van der Waals surface area contributed by atoms with Gasteiger partial charge in [-0.3, -0.25) is 9.59 Å². The summed E-state index contributed by atoms with van der Waals surface area (Å²) in [6, 6.07) is -0.131. The molecule has 2 aliphatic heterocycles. The number of nitrogens with zero attached hydrogens (tertiary/aromatic N) is 1. The van der Waals surface area contributed by atoms with Gasteiger partial charge >= 0.3 is 0 Å². The van der Waals surface area contributed by atoms with Crippen LogP contribution in [-0.4, -0.2) is 34.8 Å². The second kappa shape index (κ2) is 2.97. The summed E-state index contributed by atoms with van der Waals surface area (Å²) in [5, 5.41) is 2.76. The van der Waals surface area contributed by atoms with Crippen molar-refractivity contribution >= 4 is 11.8 Å². The van der Waals surface area contributed by atoms with Gasteiger partial charge in [0.15, 0.2) is 0 Å². The molecule has 4 nitrogen and oxygen atoms in total. The Morgan fingerprint density at radius 3 is 2.93 bits per heavy atom. The molecule has 4 unspecified atom stereocenters. The van der Waals surface area contributed by atoms with Crippen molar-refractivity contribution in [2.75, 3.05) is 0 Å². The van der Waals surface area contributed by atoms with Gasteiger partial charge in [0.05, 0.1) is 0 Å². The summed E-state index contributed by atoms with van der Waals surface area (Å²) in [6.45, 7) is 1.78. The molecule has 1 N–H and O–H groups in total. The standard InChI is InChI=1S/C11H16N2O2/c1-6-11(15)13-8-4-2-3-7(8)5-9(13)10(14)12-6/h6-9H,2-5H2,1H3,(H,12,14). The van der Waals surface area contributed by atoms with Gasteiger partial charge in [0.25, 0.3) is 0 Å². The lowest BCUT2D eigenvalue weighted by Gasteiger charge is -2.36. The molecule has 0 aromatic rings. The Labute approximate surface area is 89.0 Å². The van der Waals surface area contributed by atoms with Crippen molar-refractivity contribution in [2.24, 2.45) is 5.92 Å². The molecule has 1 saturated carbocycles. The number of hydrogen-bond acceptors (Lipinski definition) is 2. The number of nitrogens with one attached hydrogen (secondary N) is 1. The fraction of sp³-hybridized carbons (Fsp3) is 0.818. The van der Waals surface area contributed by atoms with Crippen molar-refractivity contribution < 1.29 is 9.59 Å². The maximum atomic E-state index is 12.0. The molecule has 0 bridgehead atoms. The monoisotopic (exact) mass is 208 g/mol. The van der Waals surface area contributed by atoms with Gasteiger partial charge in [-0.15, -0.1) is 0 Å². The van der Waals surface area contributed by atoms with Crippen LogP contribution in [0.3, 0.4) is 0 Å². The lowest BCUT2D eigenvalue weighted by atomic mass is 10.0. The van der Waals surface area contributed by atoms with E-state index < -0.39 is 0 Å². The minimum absolute atomic E-state index is 0.0523. The highest BCUT2D eigenvalue weighted by Gasteiger charge is 2.51. The van der Waals surface area contributed by atoms with Crippen LogP contribution in [0.15, 0.2) is 0 Å². The van der Waals surface area contributed by atoms with E-state index in [0.717, 1.165) is 12.8 Å². The molecule has 0 aromatic heterocycles. The molecule has 3 aliphatic rings. The van der Waals surface area contributed by atoms with Crippen LogP contribution in [0.2, 0.25) is 0 Å². The second-order valence-corrected chi connectivity index (χ2v) is 4.99. The van der Waals surface area contributed by atoms with Gasteiger partial charge in [0, 0.05) is 6.04 Å². The fourth-order valence-corrected chi connectivity index (χ4v) is 3.44. The maximum absolute atomic E-state index is 12.0. The number of fused-ring (bicyclic) bond motifs is 3. The topological polar surface area (TPSA) is 49.4 Å². The van der Waals surface area contributed by atoms with Crippen molar-refractivity contribution in [3.05, 3.63) is 0 Å². The van der Waals surface area contributed by atoms with Gasteiger partial charge in [0.2, 0.25) is 11.8 Å². The molecule has 3 fully saturated rings. The molecule has 0 spiro atoms. The maximum Gasteiger partial charge on any atom is 0.245 e. The summed E-state index contributed by atoms with van der Waals surface area (Å²) in [5.41, 5.74) is 0. The molecule has 2 heterocycles. The van der Waals surface area contributed by atoms with Crippen molar-refractivity contribution in [1.29, 1.82) is 0 Å². The zero-order chi connectivity index (χ0) is 10.6. The van der Waals surface area contributed by atoms with Crippen LogP contribution in [0.25, 0.3) is 0 Å². The smallest absolute Gasteiger partial charge is 0.245 e. The molecule has 15 heavy (non-hydrogen) atoms. The molecule has 2 saturated heterocycles. The summed E-state index contributed by atoms with van der Waals surface area (Å²) in [5.74, 6) is 0.750. The van der Waals surface area contributed by atoms with Crippen LogP contribution in [0.4, 0.5) is 0 Å². The molecule has 4 atom stereocenters. The van der Waals surface area contributed by atoms with E-state index in [-0.39, 0.29) is 23.9 Å². The highest BCUT2D eigenvalue weighted by atomic mass is 16.2. The number of amides is 2. The summed E-state index contributed by atoms with van der Waals surface area (Å²) in [7, 11) is 0. The third kappa shape index (κ3) is 1.13. The summed E-state index contributed by atoms with van der Waals surface area (Å²) in [4.78, 5) is 25.6. The predicted octanol–water partition coefficient (Wildman–Crippen LogP) is 0.274. The van der Waals surface area contributed by atoms with Crippen LogP contribution >= 0.6 is 0 Å². The van der Waals surface area contributed by atoms with E-state index in [2.05, 4.69) is 5.32 Å². The van der Waals surface area contributed by atoms with E-state index in [1.165, 1.54) is 12.8 Å². The quantitative estimate of drug-likeness (QED) is 0.621. The molecule has 2 amide bonds. The number of carbonyl (C=O) groups excluding carboxylic acids is 2. The summed E-state index contributed by atoms with van der Waals surface area (Å²) < 4.78 is 0. The molecule has 82 valence electrons. The lowest BCUT2D eigenvalue weighted by Crippen LogP contribution is -2.61. The highest BCUT2D eigenvalue weighted by molar-refractivity contribution is 5.97. The van der Waals surface area contributed by atoms with Crippen molar-refractivity contribution in [3.8, 4) is 0 Å². The van der Waals surface area contributed by atoms with Crippen LogP contribution in [0.1, 0.15) is 32.6 Å². The van der Waals surface area contributed by atoms with Gasteiger partial charge in [0.1, 0.15) is 12.1 Å². The Kier molecular flexibility index (Phi) is 1.82. The van der Waals surface area contributed by atoms with Crippen LogP contribution in [0.5, 0.6) is 0 Å². The van der Waals surface area contributed by atoms with Crippen molar-refractivity contribution in [2.45, 2.75) is 50.7 Å². The SMILES string of the molecule is CC1NC(=O)C2CC3CCCC3N2C1=O. The first-order valence-electron chi connectivity index (χ1n) is 5.81. The largest absolute Gasteiger partial charge is 0.343 e. The van der Waals surface area contributed by atoms with E-state index in [0.29, 0.717) is 12.0 Å². The Balaban J connectivity index is 1.93. The third-order valence-electron chi connectivity index (χ3n) is 4.12. The van der Waals surface area contributed by atoms with Crippen molar-refractivity contribution in [1.82, 2.24) is 10.2 Å². The molecular weight excluding hydrogens is 192 g/mol. The van der Waals surface area contributed by atoms with Gasteiger partial charge in [-0.2, -0.15) is 0 Å². The third-order valence-corrected chi connectivity index (χ3v) is 4.12. The number of rotatable bonds is 0. The minimum atomic E-state index is -0.326. The zero-order valence-electron chi connectivity index (χ0n) is 8.90. The van der Waals surface area contributed by atoms with Crippen LogP contribution < -0.4 is 5.32 Å². The first kappa shape index (κ1) is 9.19. The summed E-state index contributed by atoms with van der Waals surface area (Å²) >= 11 is 0. The summed E-state index contributed by atoms with van der Waals surface area (Å²) in [6.07, 6.45) is 4.37. The van der Waals surface area contributed by atoms with E-state index in [9.17, 15) is 9.59 Å². The second-order valence-electron chi connectivity index (χ2n) is 4.99. The molecule has 3 rings (SSSR count). The average molecular weight is 208 g/mol. The Bertz CT molecular complexity index is 329. The van der Waals surface area contributed by atoms with Crippen molar-refractivity contribution in [3.63, 3.8) is 0 Å². The number of piperazine rings is 1. The Morgan fingerprint density at radius 1 is 1.33 bits per heavy atom. The Hall–Kier alpha value is -1.06.